The van der Waals surface area contributed by atoms with E-state index in [1.54, 1.807) is 11.0 Å². The molecule has 1 rings (SSSR count). The molecule has 0 aliphatic heterocycles. The molecule has 0 saturated heterocycles. The molecule has 0 heterocycles. The van der Waals surface area contributed by atoms with Gasteiger partial charge in [-0.1, -0.05) is 32.0 Å². The fourth-order valence-corrected chi connectivity index (χ4v) is 1.81. The summed E-state index contributed by atoms with van der Waals surface area (Å²) in [5.41, 5.74) is 7.37. The van der Waals surface area contributed by atoms with Crippen LogP contribution in [-0.2, 0) is 11.3 Å². The van der Waals surface area contributed by atoms with E-state index in [2.05, 4.69) is 6.07 Å². The number of rotatable bonds is 5. The third kappa shape index (κ3) is 3.80. The van der Waals surface area contributed by atoms with Crippen LogP contribution in [0.5, 0.6) is 0 Å². The van der Waals surface area contributed by atoms with Gasteiger partial charge in [0.15, 0.2) is 0 Å². The van der Waals surface area contributed by atoms with E-state index < -0.39 is 6.04 Å². The van der Waals surface area contributed by atoms with Crippen LogP contribution in [-0.4, -0.2) is 23.4 Å². The van der Waals surface area contributed by atoms with E-state index >= 15 is 0 Å². The number of carbonyl (C=O) groups is 1. The first-order chi connectivity index (χ1) is 9.01. The molecular formula is C15H21N3O. The number of amides is 1. The number of likely N-dealkylation sites (N-methyl/N-ethyl adjacent to an activating group) is 1. The van der Waals surface area contributed by atoms with Crippen LogP contribution in [0.15, 0.2) is 24.3 Å². The van der Waals surface area contributed by atoms with Crippen molar-refractivity contribution >= 4 is 5.91 Å². The highest BCUT2D eigenvalue weighted by Gasteiger charge is 2.23. The second-order valence-electron chi connectivity index (χ2n) is 4.89. The van der Waals surface area contributed by atoms with Crippen LogP contribution in [0, 0.1) is 17.2 Å². The normalized spacial score (nSPS) is 12.0. The summed E-state index contributed by atoms with van der Waals surface area (Å²) in [6, 6.07) is 8.98. The fraction of sp³-hybridized carbons (Fsp3) is 0.467. The van der Waals surface area contributed by atoms with Crippen molar-refractivity contribution in [3.8, 4) is 6.07 Å². The summed E-state index contributed by atoms with van der Waals surface area (Å²) in [7, 11) is 0. The summed E-state index contributed by atoms with van der Waals surface area (Å²) >= 11 is 0. The van der Waals surface area contributed by atoms with Gasteiger partial charge in [-0.25, -0.2) is 0 Å². The highest BCUT2D eigenvalue weighted by atomic mass is 16.2. The quantitative estimate of drug-likeness (QED) is 0.877. The Kier molecular flexibility index (Phi) is 5.53. The number of hydrogen-bond acceptors (Lipinski definition) is 3. The van der Waals surface area contributed by atoms with Crippen LogP contribution in [0.25, 0.3) is 0 Å². The van der Waals surface area contributed by atoms with Gasteiger partial charge < -0.3 is 10.6 Å². The van der Waals surface area contributed by atoms with Crippen LogP contribution < -0.4 is 5.73 Å². The first kappa shape index (κ1) is 15.2. The second kappa shape index (κ2) is 6.91. The number of nitrogens with two attached hydrogens (primary N) is 1. The predicted molar refractivity (Wildman–Crippen MR) is 75.1 cm³/mol. The number of nitriles is 1. The zero-order chi connectivity index (χ0) is 14.4. The molecule has 0 aliphatic carbocycles. The first-order valence-corrected chi connectivity index (χ1v) is 6.53. The van der Waals surface area contributed by atoms with Crippen molar-refractivity contribution in [3.63, 3.8) is 0 Å². The number of nitrogens with zero attached hydrogens (tertiary/aromatic N) is 2. The number of hydrogen-bond donors (Lipinski definition) is 1. The molecule has 1 atom stereocenters. The monoisotopic (exact) mass is 259 g/mol. The van der Waals surface area contributed by atoms with Crippen LogP contribution in [0.2, 0.25) is 0 Å². The predicted octanol–water partition coefficient (Wildman–Crippen LogP) is 1.89. The standard InChI is InChI=1S/C15H21N3O/c1-4-18(15(19)14(17)11(2)3)10-13-8-6-5-7-12(13)9-16/h5-8,11,14H,4,10,17H2,1-3H3/t14-/m1/s1. The molecule has 0 aliphatic rings. The van der Waals surface area contributed by atoms with E-state index in [1.165, 1.54) is 0 Å². The van der Waals surface area contributed by atoms with Gasteiger partial charge in [0.25, 0.3) is 0 Å². The lowest BCUT2D eigenvalue weighted by molar-refractivity contribution is -0.134. The van der Waals surface area contributed by atoms with Gasteiger partial charge in [-0.3, -0.25) is 4.79 Å². The van der Waals surface area contributed by atoms with E-state index in [-0.39, 0.29) is 11.8 Å². The molecule has 0 fully saturated rings. The summed E-state index contributed by atoms with van der Waals surface area (Å²) in [5, 5.41) is 9.06. The van der Waals surface area contributed by atoms with E-state index in [0.29, 0.717) is 18.7 Å². The minimum absolute atomic E-state index is 0.0646. The van der Waals surface area contributed by atoms with Crippen molar-refractivity contribution in [2.45, 2.75) is 33.4 Å². The summed E-state index contributed by atoms with van der Waals surface area (Å²) in [4.78, 5) is 13.9. The maximum atomic E-state index is 12.2. The first-order valence-electron chi connectivity index (χ1n) is 6.53. The molecule has 102 valence electrons. The molecule has 0 radical (unpaired) electrons. The summed E-state index contributed by atoms with van der Waals surface area (Å²) < 4.78 is 0. The highest BCUT2D eigenvalue weighted by Crippen LogP contribution is 2.12. The minimum Gasteiger partial charge on any atom is -0.337 e. The van der Waals surface area contributed by atoms with E-state index in [1.807, 2.05) is 39.0 Å². The molecule has 0 unspecified atom stereocenters. The van der Waals surface area contributed by atoms with Gasteiger partial charge >= 0.3 is 0 Å². The van der Waals surface area contributed by atoms with Crippen molar-refractivity contribution < 1.29 is 4.79 Å². The Hall–Kier alpha value is -1.86. The van der Waals surface area contributed by atoms with Gasteiger partial charge in [0.05, 0.1) is 17.7 Å². The molecular weight excluding hydrogens is 238 g/mol. The highest BCUT2D eigenvalue weighted by molar-refractivity contribution is 5.81. The van der Waals surface area contributed by atoms with Crippen molar-refractivity contribution in [2.24, 2.45) is 11.7 Å². The second-order valence-corrected chi connectivity index (χ2v) is 4.89. The van der Waals surface area contributed by atoms with Gasteiger partial charge in [0.1, 0.15) is 0 Å². The Balaban J connectivity index is 2.89. The Morgan fingerprint density at radius 2 is 2.05 bits per heavy atom. The third-order valence-electron chi connectivity index (χ3n) is 3.20. The van der Waals surface area contributed by atoms with E-state index in [0.717, 1.165) is 5.56 Å². The molecule has 1 amide bonds. The summed E-state index contributed by atoms with van der Waals surface area (Å²) in [6.45, 7) is 6.79. The maximum absolute atomic E-state index is 12.2. The molecule has 19 heavy (non-hydrogen) atoms. The van der Waals surface area contributed by atoms with E-state index in [4.69, 9.17) is 11.0 Å². The van der Waals surface area contributed by atoms with Gasteiger partial charge in [-0.15, -0.1) is 0 Å². The van der Waals surface area contributed by atoms with Crippen LogP contribution in [0.4, 0.5) is 0 Å². The minimum atomic E-state index is -0.491. The molecule has 1 aromatic carbocycles. The van der Waals surface area contributed by atoms with Crippen molar-refractivity contribution in [1.82, 2.24) is 4.90 Å². The largest absolute Gasteiger partial charge is 0.337 e. The van der Waals surface area contributed by atoms with Crippen molar-refractivity contribution in [3.05, 3.63) is 35.4 Å². The Bertz CT molecular complexity index is 477. The van der Waals surface area contributed by atoms with Crippen LogP contribution in [0.1, 0.15) is 31.9 Å². The average molecular weight is 259 g/mol. The van der Waals surface area contributed by atoms with Gasteiger partial charge in [-0.05, 0) is 24.5 Å². The molecule has 4 heteroatoms. The molecule has 0 spiro atoms. The average Bonchev–Trinajstić information content (AvgIpc) is 2.43. The van der Waals surface area contributed by atoms with Crippen LogP contribution in [0.3, 0.4) is 0 Å². The molecule has 0 bridgehead atoms. The Morgan fingerprint density at radius 1 is 1.42 bits per heavy atom. The van der Waals surface area contributed by atoms with Gasteiger partial charge in [-0.2, -0.15) is 5.26 Å². The van der Waals surface area contributed by atoms with Gasteiger partial charge in [0.2, 0.25) is 5.91 Å². The molecule has 2 N–H and O–H groups in total. The fourth-order valence-electron chi connectivity index (χ4n) is 1.81. The zero-order valence-corrected chi connectivity index (χ0v) is 11.8. The zero-order valence-electron chi connectivity index (χ0n) is 11.8. The van der Waals surface area contributed by atoms with E-state index in [9.17, 15) is 4.79 Å². The summed E-state index contributed by atoms with van der Waals surface area (Å²) in [6.07, 6.45) is 0. The van der Waals surface area contributed by atoms with Crippen LogP contribution >= 0.6 is 0 Å². The topological polar surface area (TPSA) is 70.1 Å². The Morgan fingerprint density at radius 3 is 2.58 bits per heavy atom. The number of carbonyl (C=O) groups excluding carboxylic acids is 1. The lowest BCUT2D eigenvalue weighted by Crippen LogP contribution is -2.46. The molecule has 0 saturated carbocycles. The lowest BCUT2D eigenvalue weighted by Gasteiger charge is -2.26. The maximum Gasteiger partial charge on any atom is 0.240 e. The molecule has 1 aromatic rings. The van der Waals surface area contributed by atoms with Gasteiger partial charge in [0, 0.05) is 13.1 Å². The lowest BCUT2D eigenvalue weighted by atomic mass is 10.0. The third-order valence-corrected chi connectivity index (χ3v) is 3.20. The van der Waals surface area contributed by atoms with Crippen molar-refractivity contribution in [2.75, 3.05) is 6.54 Å². The smallest absolute Gasteiger partial charge is 0.240 e. The number of benzene rings is 1. The van der Waals surface area contributed by atoms with Crippen molar-refractivity contribution in [1.29, 1.82) is 5.26 Å². The molecule has 4 nitrogen and oxygen atoms in total. The SMILES string of the molecule is CCN(Cc1ccccc1C#N)C(=O)[C@H](N)C(C)C. The summed E-state index contributed by atoms with van der Waals surface area (Å²) in [5.74, 6) is 0.0398. The molecule has 0 aromatic heterocycles. The Labute approximate surface area is 114 Å².